The average molecular weight is 357 g/mol. The first kappa shape index (κ1) is 18.6. The zero-order chi connectivity index (χ0) is 18.9. The van der Waals surface area contributed by atoms with E-state index in [1.54, 1.807) is 0 Å². The van der Waals surface area contributed by atoms with Gasteiger partial charge in [0.05, 0.1) is 0 Å². The van der Waals surface area contributed by atoms with Crippen LogP contribution in [0.5, 0.6) is 0 Å². The zero-order valence-electron chi connectivity index (χ0n) is 15.8. The standard InChI is InChI=1S/C20H27N3O3/c1-15-8-7-11-23(13-15)14-20(12-16-9-5-4-6-10-16)17(24)21(2)19(26)22(3)18(20)25/h4-6,9-10,15H,7-8,11-14H2,1-3H3. The number of urea groups is 1. The minimum absolute atomic E-state index is 0.304. The summed E-state index contributed by atoms with van der Waals surface area (Å²) in [7, 11) is 2.93. The maximum absolute atomic E-state index is 13.2. The summed E-state index contributed by atoms with van der Waals surface area (Å²) in [5.41, 5.74) is -0.328. The highest BCUT2D eigenvalue weighted by atomic mass is 16.2. The molecule has 0 N–H and O–H groups in total. The Morgan fingerprint density at radius 1 is 1.04 bits per heavy atom. The normalized spacial score (nSPS) is 24.3. The van der Waals surface area contributed by atoms with E-state index in [2.05, 4.69) is 11.8 Å². The molecule has 2 saturated heterocycles. The molecule has 0 bridgehead atoms. The van der Waals surface area contributed by atoms with Crippen LogP contribution >= 0.6 is 0 Å². The van der Waals surface area contributed by atoms with Crippen LogP contribution in [-0.4, -0.2) is 66.3 Å². The van der Waals surface area contributed by atoms with Gasteiger partial charge in [-0.2, -0.15) is 0 Å². The van der Waals surface area contributed by atoms with Gasteiger partial charge in [0, 0.05) is 27.2 Å². The summed E-state index contributed by atoms with van der Waals surface area (Å²) in [6, 6.07) is 9.02. The SMILES string of the molecule is CC1CCCN(CC2(Cc3ccccc3)C(=O)N(C)C(=O)N(C)C2=O)C1. The van der Waals surface area contributed by atoms with Gasteiger partial charge < -0.3 is 4.90 Å². The van der Waals surface area contributed by atoms with Gasteiger partial charge in [-0.1, -0.05) is 37.3 Å². The Labute approximate surface area is 154 Å². The summed E-state index contributed by atoms with van der Waals surface area (Å²) in [5, 5.41) is 0. The molecule has 6 nitrogen and oxygen atoms in total. The maximum Gasteiger partial charge on any atom is 0.332 e. The molecule has 1 aromatic rings. The van der Waals surface area contributed by atoms with E-state index in [1.165, 1.54) is 20.5 Å². The van der Waals surface area contributed by atoms with Crippen LogP contribution in [-0.2, 0) is 16.0 Å². The molecule has 0 spiro atoms. The summed E-state index contributed by atoms with van der Waals surface area (Å²) in [6.07, 6.45) is 2.54. The molecule has 1 atom stereocenters. The smallest absolute Gasteiger partial charge is 0.301 e. The van der Waals surface area contributed by atoms with Gasteiger partial charge in [0.1, 0.15) is 5.41 Å². The van der Waals surface area contributed by atoms with Crippen LogP contribution in [0.25, 0.3) is 0 Å². The van der Waals surface area contributed by atoms with Crippen molar-refractivity contribution in [3.05, 3.63) is 35.9 Å². The number of rotatable bonds is 4. The van der Waals surface area contributed by atoms with Gasteiger partial charge in [-0.15, -0.1) is 0 Å². The largest absolute Gasteiger partial charge is 0.332 e. The fourth-order valence-corrected chi connectivity index (χ4v) is 4.23. The highest BCUT2D eigenvalue weighted by Gasteiger charge is 2.56. The third kappa shape index (κ3) is 3.26. The topological polar surface area (TPSA) is 60.9 Å². The van der Waals surface area contributed by atoms with Gasteiger partial charge in [0.15, 0.2) is 0 Å². The first-order chi connectivity index (χ1) is 12.3. The molecular formula is C20H27N3O3. The molecule has 1 aromatic carbocycles. The van der Waals surface area contributed by atoms with E-state index in [1.807, 2.05) is 30.3 Å². The van der Waals surface area contributed by atoms with Crippen LogP contribution in [0.1, 0.15) is 25.3 Å². The molecule has 0 radical (unpaired) electrons. The number of amides is 4. The van der Waals surface area contributed by atoms with Gasteiger partial charge in [-0.25, -0.2) is 4.79 Å². The van der Waals surface area contributed by atoms with E-state index in [4.69, 9.17) is 0 Å². The molecule has 140 valence electrons. The Morgan fingerprint density at radius 3 is 2.23 bits per heavy atom. The lowest BCUT2D eigenvalue weighted by Crippen LogP contribution is -2.67. The molecule has 26 heavy (non-hydrogen) atoms. The van der Waals surface area contributed by atoms with Crippen LogP contribution in [0.2, 0.25) is 0 Å². The lowest BCUT2D eigenvalue weighted by molar-refractivity contribution is -0.159. The van der Waals surface area contributed by atoms with Gasteiger partial charge in [-0.05, 0) is 37.3 Å². The van der Waals surface area contributed by atoms with E-state index in [-0.39, 0.29) is 0 Å². The second-order valence-corrected chi connectivity index (χ2v) is 7.74. The van der Waals surface area contributed by atoms with Crippen LogP contribution < -0.4 is 0 Å². The molecule has 4 amide bonds. The number of carbonyl (C=O) groups excluding carboxylic acids is 3. The van der Waals surface area contributed by atoms with E-state index >= 15 is 0 Å². The average Bonchev–Trinajstić information content (AvgIpc) is 2.64. The molecule has 0 aromatic heterocycles. The third-order valence-corrected chi connectivity index (χ3v) is 5.59. The van der Waals surface area contributed by atoms with Crippen LogP contribution in [0, 0.1) is 11.3 Å². The summed E-state index contributed by atoms with van der Waals surface area (Å²) < 4.78 is 0. The first-order valence-corrected chi connectivity index (χ1v) is 9.22. The molecule has 2 heterocycles. The Bertz CT molecular complexity index is 680. The summed E-state index contributed by atoms with van der Waals surface area (Å²) >= 11 is 0. The molecule has 0 saturated carbocycles. The van der Waals surface area contributed by atoms with Gasteiger partial charge in [-0.3, -0.25) is 19.4 Å². The molecule has 3 rings (SSSR count). The van der Waals surface area contributed by atoms with Crippen LogP contribution in [0.15, 0.2) is 30.3 Å². The molecule has 2 fully saturated rings. The monoisotopic (exact) mass is 357 g/mol. The number of hydrogen-bond donors (Lipinski definition) is 0. The highest BCUT2D eigenvalue weighted by Crippen LogP contribution is 2.34. The third-order valence-electron chi connectivity index (χ3n) is 5.59. The second-order valence-electron chi connectivity index (χ2n) is 7.74. The van der Waals surface area contributed by atoms with E-state index < -0.39 is 23.3 Å². The van der Waals surface area contributed by atoms with Gasteiger partial charge >= 0.3 is 6.03 Å². The minimum atomic E-state index is -1.25. The number of hydrogen-bond acceptors (Lipinski definition) is 4. The zero-order valence-corrected chi connectivity index (χ0v) is 15.8. The molecule has 1 unspecified atom stereocenters. The number of piperidine rings is 1. The van der Waals surface area contributed by atoms with Crippen LogP contribution in [0.3, 0.4) is 0 Å². The minimum Gasteiger partial charge on any atom is -0.301 e. The number of likely N-dealkylation sites (tertiary alicyclic amines) is 1. The number of barbiturate groups is 1. The van der Waals surface area contributed by atoms with E-state index in [9.17, 15) is 14.4 Å². The molecule has 0 aliphatic carbocycles. The second kappa shape index (κ2) is 7.19. The molecular weight excluding hydrogens is 330 g/mol. The van der Waals surface area contributed by atoms with Crippen molar-refractivity contribution < 1.29 is 14.4 Å². The van der Waals surface area contributed by atoms with Crippen molar-refractivity contribution in [3.63, 3.8) is 0 Å². The van der Waals surface area contributed by atoms with E-state index in [0.29, 0.717) is 18.9 Å². The summed E-state index contributed by atoms with van der Waals surface area (Å²) in [6.45, 7) is 4.30. The van der Waals surface area contributed by atoms with Crippen molar-refractivity contribution in [1.29, 1.82) is 0 Å². The quantitative estimate of drug-likeness (QED) is 0.774. The molecule has 2 aliphatic rings. The number of benzene rings is 1. The Hall–Kier alpha value is -2.21. The van der Waals surface area contributed by atoms with Crippen molar-refractivity contribution in [2.75, 3.05) is 33.7 Å². The van der Waals surface area contributed by atoms with Gasteiger partial charge in [0.2, 0.25) is 11.8 Å². The predicted octanol–water partition coefficient (Wildman–Crippen LogP) is 2.00. The van der Waals surface area contributed by atoms with Gasteiger partial charge in [0.25, 0.3) is 0 Å². The fourth-order valence-electron chi connectivity index (χ4n) is 4.23. The van der Waals surface area contributed by atoms with Crippen molar-refractivity contribution in [3.8, 4) is 0 Å². The fraction of sp³-hybridized carbons (Fsp3) is 0.550. The van der Waals surface area contributed by atoms with Crippen molar-refractivity contribution in [2.24, 2.45) is 11.3 Å². The number of carbonyl (C=O) groups is 3. The number of nitrogens with zero attached hydrogens (tertiary/aromatic N) is 3. The van der Waals surface area contributed by atoms with Crippen molar-refractivity contribution in [2.45, 2.75) is 26.2 Å². The Balaban J connectivity index is 1.98. The maximum atomic E-state index is 13.2. The number of imide groups is 2. The summed E-state index contributed by atoms with van der Waals surface area (Å²) in [4.78, 5) is 43.0. The highest BCUT2D eigenvalue weighted by molar-refractivity contribution is 6.19. The molecule has 2 aliphatic heterocycles. The predicted molar refractivity (Wildman–Crippen MR) is 98.4 cm³/mol. The van der Waals surface area contributed by atoms with E-state index in [0.717, 1.165) is 34.9 Å². The van der Waals surface area contributed by atoms with Crippen LogP contribution in [0.4, 0.5) is 4.79 Å². The Kier molecular flexibility index (Phi) is 5.14. The lowest BCUT2D eigenvalue weighted by atomic mass is 9.76. The first-order valence-electron chi connectivity index (χ1n) is 9.22. The lowest BCUT2D eigenvalue weighted by Gasteiger charge is -2.45. The summed E-state index contributed by atoms with van der Waals surface area (Å²) in [5.74, 6) is -0.247. The molecule has 6 heteroatoms. The van der Waals surface area contributed by atoms with Crippen molar-refractivity contribution >= 4 is 17.8 Å². The van der Waals surface area contributed by atoms with Crippen molar-refractivity contribution in [1.82, 2.24) is 14.7 Å². The Morgan fingerprint density at radius 2 is 1.65 bits per heavy atom.